The van der Waals surface area contributed by atoms with Crippen molar-refractivity contribution in [2.24, 2.45) is 0 Å². The molecule has 0 aromatic carbocycles. The van der Waals surface area contributed by atoms with E-state index < -0.39 is 23.7 Å². The fourth-order valence-corrected chi connectivity index (χ4v) is 1.11. The minimum Gasteiger partial charge on any atom is -0.480 e. The summed E-state index contributed by atoms with van der Waals surface area (Å²) in [7, 11) is 0. The first-order valence-electron chi connectivity index (χ1n) is 5.69. The molecule has 1 fully saturated rings. The van der Waals surface area contributed by atoms with Crippen molar-refractivity contribution in [3.8, 4) is 0 Å². The Kier molecular flexibility index (Phi) is 4.92. The molecular weight excluding hydrogens is 242 g/mol. The number of nitrogens with one attached hydrogen (secondary N) is 1. The van der Waals surface area contributed by atoms with Crippen molar-refractivity contribution in [2.45, 2.75) is 38.5 Å². The molecule has 0 aromatic rings. The van der Waals surface area contributed by atoms with Gasteiger partial charge in [-0.25, -0.2) is 9.59 Å². The zero-order chi connectivity index (χ0) is 13.8. The Balaban J connectivity index is 2.31. The summed E-state index contributed by atoms with van der Waals surface area (Å²) in [5.41, 5.74) is -0.671. The molecule has 7 nitrogen and oxygen atoms in total. The molecule has 0 aliphatic carbocycles. The van der Waals surface area contributed by atoms with E-state index in [0.29, 0.717) is 13.2 Å². The van der Waals surface area contributed by atoms with Gasteiger partial charge in [0.05, 0.1) is 19.8 Å². The van der Waals surface area contributed by atoms with Gasteiger partial charge in [0.25, 0.3) is 0 Å². The lowest BCUT2D eigenvalue weighted by molar-refractivity contribution is -0.141. The van der Waals surface area contributed by atoms with E-state index >= 15 is 0 Å². The van der Waals surface area contributed by atoms with Gasteiger partial charge in [-0.1, -0.05) is 0 Å². The Labute approximate surface area is 105 Å². The van der Waals surface area contributed by atoms with Gasteiger partial charge in [-0.05, 0) is 20.8 Å². The molecule has 1 saturated heterocycles. The van der Waals surface area contributed by atoms with Crippen LogP contribution >= 0.6 is 0 Å². The van der Waals surface area contributed by atoms with E-state index in [1.54, 1.807) is 20.8 Å². The first-order chi connectivity index (χ1) is 8.28. The third-order valence-electron chi connectivity index (χ3n) is 1.98. The molecule has 1 rings (SSSR count). The van der Waals surface area contributed by atoms with Crippen LogP contribution in [0.3, 0.4) is 0 Å². The molecule has 18 heavy (non-hydrogen) atoms. The van der Waals surface area contributed by atoms with Crippen molar-refractivity contribution in [1.29, 1.82) is 0 Å². The van der Waals surface area contributed by atoms with Crippen LogP contribution in [0.4, 0.5) is 4.79 Å². The molecule has 1 heterocycles. The van der Waals surface area contributed by atoms with Crippen molar-refractivity contribution in [3.05, 3.63) is 0 Å². The van der Waals surface area contributed by atoms with E-state index in [9.17, 15) is 9.59 Å². The van der Waals surface area contributed by atoms with Crippen LogP contribution in [0.1, 0.15) is 20.8 Å². The summed E-state index contributed by atoms with van der Waals surface area (Å²) >= 11 is 0. The Morgan fingerprint density at radius 1 is 1.50 bits per heavy atom. The van der Waals surface area contributed by atoms with Crippen LogP contribution in [0.5, 0.6) is 0 Å². The van der Waals surface area contributed by atoms with E-state index in [0.717, 1.165) is 0 Å². The second-order valence-corrected chi connectivity index (χ2v) is 5.03. The van der Waals surface area contributed by atoms with Crippen LogP contribution in [0.15, 0.2) is 0 Å². The smallest absolute Gasteiger partial charge is 0.408 e. The van der Waals surface area contributed by atoms with Crippen molar-refractivity contribution >= 4 is 12.1 Å². The summed E-state index contributed by atoms with van der Waals surface area (Å²) in [4.78, 5) is 22.3. The molecular formula is C11H19NO6. The number of carboxylic acid groups (broad SMARTS) is 1. The maximum atomic E-state index is 11.4. The highest BCUT2D eigenvalue weighted by molar-refractivity contribution is 5.80. The van der Waals surface area contributed by atoms with Gasteiger partial charge in [0.1, 0.15) is 11.7 Å². The molecule has 0 aromatic heterocycles. The lowest BCUT2D eigenvalue weighted by Crippen LogP contribution is -2.46. The molecule has 104 valence electrons. The number of hydrogen-bond acceptors (Lipinski definition) is 5. The fraction of sp³-hybridized carbons (Fsp3) is 0.818. The van der Waals surface area contributed by atoms with Crippen LogP contribution in [0.2, 0.25) is 0 Å². The monoisotopic (exact) mass is 261 g/mol. The van der Waals surface area contributed by atoms with E-state index in [4.69, 9.17) is 19.3 Å². The summed E-state index contributed by atoms with van der Waals surface area (Å²) in [6.07, 6.45) is -0.720. The predicted molar refractivity (Wildman–Crippen MR) is 61.4 cm³/mol. The maximum Gasteiger partial charge on any atom is 0.408 e. The summed E-state index contributed by atoms with van der Waals surface area (Å²) < 4.78 is 15.0. The summed E-state index contributed by atoms with van der Waals surface area (Å²) in [5.74, 6) is -1.17. The molecule has 2 atom stereocenters. The molecule has 0 bridgehead atoms. The predicted octanol–water partition coefficient (Wildman–Crippen LogP) is 0.380. The second-order valence-electron chi connectivity index (χ2n) is 5.03. The fourth-order valence-electron chi connectivity index (χ4n) is 1.11. The number of ether oxygens (including phenoxy) is 3. The number of epoxide rings is 1. The van der Waals surface area contributed by atoms with E-state index in [1.165, 1.54) is 0 Å². The Hall–Kier alpha value is -1.34. The van der Waals surface area contributed by atoms with Crippen molar-refractivity contribution in [3.63, 3.8) is 0 Å². The number of alkyl carbamates (subject to hydrolysis) is 1. The third-order valence-corrected chi connectivity index (χ3v) is 1.98. The normalized spacial score (nSPS) is 20.1. The van der Waals surface area contributed by atoms with Gasteiger partial charge >= 0.3 is 12.1 Å². The third kappa shape index (κ3) is 6.41. The number of amides is 1. The zero-order valence-corrected chi connectivity index (χ0v) is 10.8. The first kappa shape index (κ1) is 14.7. The van der Waals surface area contributed by atoms with E-state index in [-0.39, 0.29) is 12.7 Å². The summed E-state index contributed by atoms with van der Waals surface area (Å²) in [6, 6.07) is -1.13. The Morgan fingerprint density at radius 2 is 2.11 bits per heavy atom. The highest BCUT2D eigenvalue weighted by Gasteiger charge is 2.26. The van der Waals surface area contributed by atoms with Crippen LogP contribution in [0.25, 0.3) is 0 Å². The molecule has 1 unspecified atom stereocenters. The lowest BCUT2D eigenvalue weighted by Gasteiger charge is -2.21. The topological polar surface area (TPSA) is 97.4 Å². The van der Waals surface area contributed by atoms with Gasteiger partial charge in [0, 0.05) is 0 Å². The van der Waals surface area contributed by atoms with Crippen LogP contribution < -0.4 is 5.32 Å². The number of aliphatic carboxylic acids is 1. The number of hydrogen-bond donors (Lipinski definition) is 2. The van der Waals surface area contributed by atoms with Gasteiger partial charge < -0.3 is 24.6 Å². The van der Waals surface area contributed by atoms with E-state index in [1.807, 2.05) is 0 Å². The second kappa shape index (κ2) is 6.01. The summed E-state index contributed by atoms with van der Waals surface area (Å²) in [6.45, 7) is 5.95. The van der Waals surface area contributed by atoms with Crippen molar-refractivity contribution in [1.82, 2.24) is 5.32 Å². The SMILES string of the molecule is CC(C)(C)OC(=O)N[C@@H](COCC1CO1)C(=O)O. The number of carbonyl (C=O) groups is 2. The standard InChI is InChI=1S/C11H19NO6/c1-11(2,3)18-10(15)12-8(9(13)14)6-16-4-7-5-17-7/h7-8H,4-6H2,1-3H3,(H,12,15)(H,13,14)/t7?,8-/m0/s1. The molecule has 0 radical (unpaired) electrons. The van der Waals surface area contributed by atoms with Crippen LogP contribution in [-0.2, 0) is 19.0 Å². The van der Waals surface area contributed by atoms with Crippen LogP contribution in [-0.4, -0.2) is 54.7 Å². The maximum absolute atomic E-state index is 11.4. The minimum absolute atomic E-state index is 0.0565. The number of carbonyl (C=O) groups excluding carboxylic acids is 1. The highest BCUT2D eigenvalue weighted by Crippen LogP contribution is 2.09. The largest absolute Gasteiger partial charge is 0.480 e. The van der Waals surface area contributed by atoms with Gasteiger partial charge in [-0.15, -0.1) is 0 Å². The summed E-state index contributed by atoms with van der Waals surface area (Å²) in [5, 5.41) is 11.2. The Morgan fingerprint density at radius 3 is 2.56 bits per heavy atom. The molecule has 0 saturated carbocycles. The average molecular weight is 261 g/mol. The Bertz CT molecular complexity index is 307. The lowest BCUT2D eigenvalue weighted by atomic mass is 10.2. The van der Waals surface area contributed by atoms with Gasteiger partial charge in [0.2, 0.25) is 0 Å². The highest BCUT2D eigenvalue weighted by atomic mass is 16.6. The minimum atomic E-state index is -1.17. The van der Waals surface area contributed by atoms with E-state index in [2.05, 4.69) is 5.32 Å². The first-order valence-corrected chi connectivity index (χ1v) is 5.69. The molecule has 2 N–H and O–H groups in total. The van der Waals surface area contributed by atoms with Gasteiger partial charge in [-0.3, -0.25) is 0 Å². The molecule has 1 aliphatic rings. The number of carboxylic acids is 1. The average Bonchev–Trinajstić information content (AvgIpc) is 2.96. The van der Waals surface area contributed by atoms with Gasteiger partial charge in [0.15, 0.2) is 6.04 Å². The van der Waals surface area contributed by atoms with Crippen LogP contribution in [0, 0.1) is 0 Å². The van der Waals surface area contributed by atoms with Crippen molar-refractivity contribution < 1.29 is 28.9 Å². The zero-order valence-electron chi connectivity index (χ0n) is 10.8. The molecule has 0 spiro atoms. The quantitative estimate of drug-likeness (QED) is 0.671. The van der Waals surface area contributed by atoms with Gasteiger partial charge in [-0.2, -0.15) is 0 Å². The molecule has 1 aliphatic heterocycles. The number of rotatable bonds is 6. The molecule has 1 amide bonds. The van der Waals surface area contributed by atoms with Crippen molar-refractivity contribution in [2.75, 3.05) is 19.8 Å². The molecule has 7 heteroatoms.